The number of nitrogens with zero attached hydrogens (tertiary/aromatic N) is 4. The lowest BCUT2D eigenvalue weighted by Crippen LogP contribution is -2.36. The molecular weight excluding hydrogens is 320 g/mol. The van der Waals surface area contributed by atoms with Gasteiger partial charge in [-0.25, -0.2) is 9.97 Å². The van der Waals surface area contributed by atoms with Crippen molar-refractivity contribution >= 4 is 16.5 Å². The molecule has 0 saturated carbocycles. The fourth-order valence-corrected chi connectivity index (χ4v) is 3.90. The largest absolute Gasteiger partial charge is 0.348 e. The van der Waals surface area contributed by atoms with Gasteiger partial charge in [-0.1, -0.05) is 20.8 Å². The minimum Gasteiger partial charge on any atom is -0.348 e. The highest BCUT2D eigenvalue weighted by Crippen LogP contribution is 2.26. The molecule has 5 nitrogen and oxygen atoms in total. The third kappa shape index (κ3) is 3.86. The van der Waals surface area contributed by atoms with Crippen LogP contribution in [0.15, 0.2) is 22.6 Å². The highest BCUT2D eigenvalue weighted by Gasteiger charge is 2.22. The smallest absolute Gasteiger partial charge is 0.253 e. The highest BCUT2D eigenvalue weighted by molar-refractivity contribution is 7.13. The quantitative estimate of drug-likeness (QED) is 0.856. The van der Waals surface area contributed by atoms with E-state index in [4.69, 9.17) is 0 Å². The summed E-state index contributed by atoms with van der Waals surface area (Å²) in [5.74, 6) is 0.530. The van der Waals surface area contributed by atoms with E-state index >= 15 is 0 Å². The molecule has 0 amide bonds. The van der Waals surface area contributed by atoms with Crippen molar-refractivity contribution < 1.29 is 0 Å². The van der Waals surface area contributed by atoms with Gasteiger partial charge in [-0.3, -0.25) is 9.36 Å². The van der Waals surface area contributed by atoms with E-state index in [2.05, 4.69) is 41.0 Å². The van der Waals surface area contributed by atoms with Crippen LogP contribution in [0.5, 0.6) is 0 Å². The van der Waals surface area contributed by atoms with Gasteiger partial charge in [-0.15, -0.1) is 11.3 Å². The first-order valence-corrected chi connectivity index (χ1v) is 9.45. The Morgan fingerprint density at radius 3 is 2.54 bits per heavy atom. The fourth-order valence-electron chi connectivity index (χ4n) is 3.04. The summed E-state index contributed by atoms with van der Waals surface area (Å²) in [7, 11) is 0. The molecule has 1 aliphatic rings. The van der Waals surface area contributed by atoms with E-state index in [1.54, 1.807) is 28.3 Å². The minimum absolute atomic E-state index is 0.0629. The zero-order valence-electron chi connectivity index (χ0n) is 15.0. The van der Waals surface area contributed by atoms with Crippen LogP contribution in [0.4, 0.5) is 5.13 Å². The average molecular weight is 347 g/mol. The molecule has 1 saturated heterocycles. The van der Waals surface area contributed by atoms with Crippen LogP contribution in [0.25, 0.3) is 0 Å². The molecule has 0 spiro atoms. The zero-order valence-corrected chi connectivity index (χ0v) is 15.8. The van der Waals surface area contributed by atoms with Gasteiger partial charge in [0, 0.05) is 36.5 Å². The summed E-state index contributed by atoms with van der Waals surface area (Å²) in [6, 6.07) is 1.69. The van der Waals surface area contributed by atoms with Crippen molar-refractivity contribution in [2.45, 2.75) is 52.5 Å². The Balaban J connectivity index is 1.61. The third-order valence-corrected chi connectivity index (χ3v) is 5.61. The van der Waals surface area contributed by atoms with Crippen LogP contribution >= 0.6 is 11.3 Å². The average Bonchev–Trinajstić information content (AvgIpc) is 2.95. The number of anilines is 1. The monoisotopic (exact) mass is 346 g/mol. The molecule has 0 aromatic carbocycles. The zero-order chi connectivity index (χ0) is 17.3. The van der Waals surface area contributed by atoms with Crippen molar-refractivity contribution in [3.63, 3.8) is 0 Å². The molecule has 0 N–H and O–H groups in total. The molecule has 3 heterocycles. The normalized spacial score (nSPS) is 16.6. The Morgan fingerprint density at radius 1 is 1.29 bits per heavy atom. The van der Waals surface area contributed by atoms with Gasteiger partial charge in [0.2, 0.25) is 0 Å². The fraction of sp³-hybridized carbons (Fsp3) is 0.611. The summed E-state index contributed by atoms with van der Waals surface area (Å²) in [5, 5.41) is 3.22. The van der Waals surface area contributed by atoms with E-state index < -0.39 is 0 Å². The van der Waals surface area contributed by atoms with Crippen LogP contribution in [0.2, 0.25) is 0 Å². The summed E-state index contributed by atoms with van der Waals surface area (Å²) in [6.07, 6.45) is 3.90. The molecule has 1 fully saturated rings. The maximum absolute atomic E-state index is 12.4. The Morgan fingerprint density at radius 2 is 2.00 bits per heavy atom. The molecule has 2 aromatic heterocycles. The van der Waals surface area contributed by atoms with Gasteiger partial charge in [-0.05, 0) is 25.7 Å². The lowest BCUT2D eigenvalue weighted by atomic mass is 9.92. The van der Waals surface area contributed by atoms with Crippen molar-refractivity contribution in [1.29, 1.82) is 0 Å². The number of aromatic nitrogens is 3. The summed E-state index contributed by atoms with van der Waals surface area (Å²) in [4.78, 5) is 23.8. The van der Waals surface area contributed by atoms with Crippen LogP contribution in [0, 0.1) is 12.8 Å². The molecule has 6 heteroatoms. The number of thiazole rings is 1. The summed E-state index contributed by atoms with van der Waals surface area (Å²) >= 11 is 1.72. The SMILES string of the molecule is Cc1csc(N2CCC(Cn3cnc(C(C)(C)C)cc3=O)CC2)n1. The number of rotatable bonds is 3. The van der Waals surface area contributed by atoms with E-state index in [0.29, 0.717) is 5.92 Å². The molecule has 1 aliphatic heterocycles. The minimum atomic E-state index is -0.0879. The lowest BCUT2D eigenvalue weighted by Gasteiger charge is -2.32. The molecule has 24 heavy (non-hydrogen) atoms. The molecule has 130 valence electrons. The maximum Gasteiger partial charge on any atom is 0.253 e. The van der Waals surface area contributed by atoms with Crippen LogP contribution in [0.1, 0.15) is 45.0 Å². The van der Waals surface area contributed by atoms with Crippen molar-refractivity contribution in [3.05, 3.63) is 39.5 Å². The van der Waals surface area contributed by atoms with E-state index in [9.17, 15) is 4.79 Å². The molecule has 3 rings (SSSR count). The molecule has 0 bridgehead atoms. The van der Waals surface area contributed by atoms with Crippen molar-refractivity contribution in [2.24, 2.45) is 5.92 Å². The maximum atomic E-state index is 12.4. The van der Waals surface area contributed by atoms with E-state index in [1.807, 2.05) is 6.92 Å². The molecular formula is C18H26N4OS. The van der Waals surface area contributed by atoms with Gasteiger partial charge in [0.25, 0.3) is 5.56 Å². The second kappa shape index (κ2) is 6.67. The topological polar surface area (TPSA) is 51.0 Å². The first kappa shape index (κ1) is 17.1. The van der Waals surface area contributed by atoms with Crippen LogP contribution in [-0.2, 0) is 12.0 Å². The van der Waals surface area contributed by atoms with E-state index in [1.165, 1.54) is 0 Å². The standard InChI is InChI=1S/C18H26N4OS/c1-13-11-24-17(20-13)21-7-5-14(6-8-21)10-22-12-19-15(9-16(22)23)18(2,3)4/h9,11-12,14H,5-8,10H2,1-4H3. The van der Waals surface area contributed by atoms with Gasteiger partial charge in [0.15, 0.2) is 5.13 Å². The summed E-state index contributed by atoms with van der Waals surface area (Å²) in [5.41, 5.74) is 1.93. The number of hydrogen-bond acceptors (Lipinski definition) is 5. The third-order valence-electron chi connectivity index (χ3n) is 4.59. The highest BCUT2D eigenvalue weighted by atomic mass is 32.1. The first-order chi connectivity index (χ1) is 11.3. The van der Waals surface area contributed by atoms with Crippen molar-refractivity contribution in [1.82, 2.24) is 14.5 Å². The van der Waals surface area contributed by atoms with Crippen LogP contribution in [-0.4, -0.2) is 27.6 Å². The van der Waals surface area contributed by atoms with Gasteiger partial charge < -0.3 is 4.90 Å². The Hall–Kier alpha value is -1.69. The molecule has 0 atom stereocenters. The van der Waals surface area contributed by atoms with Crippen molar-refractivity contribution in [2.75, 3.05) is 18.0 Å². The number of aryl methyl sites for hydroxylation is 1. The van der Waals surface area contributed by atoms with Gasteiger partial charge in [-0.2, -0.15) is 0 Å². The second-order valence-electron chi connectivity index (χ2n) is 7.72. The lowest BCUT2D eigenvalue weighted by molar-refractivity contribution is 0.350. The summed E-state index contributed by atoms with van der Waals surface area (Å²) in [6.45, 7) is 11.1. The first-order valence-electron chi connectivity index (χ1n) is 8.57. The predicted molar refractivity (Wildman–Crippen MR) is 99.0 cm³/mol. The predicted octanol–water partition coefficient (Wildman–Crippen LogP) is 3.22. The molecule has 2 aromatic rings. The van der Waals surface area contributed by atoms with Gasteiger partial charge in [0.05, 0.1) is 17.7 Å². The molecule has 0 unspecified atom stereocenters. The number of hydrogen-bond donors (Lipinski definition) is 0. The summed E-state index contributed by atoms with van der Waals surface area (Å²) < 4.78 is 1.77. The van der Waals surface area contributed by atoms with Crippen molar-refractivity contribution in [3.8, 4) is 0 Å². The van der Waals surface area contributed by atoms with E-state index in [0.717, 1.165) is 49.0 Å². The van der Waals surface area contributed by atoms with Gasteiger partial charge >= 0.3 is 0 Å². The Bertz CT molecular complexity index is 751. The molecule has 0 radical (unpaired) electrons. The van der Waals surface area contributed by atoms with Crippen LogP contribution in [0.3, 0.4) is 0 Å². The molecule has 0 aliphatic carbocycles. The second-order valence-corrected chi connectivity index (χ2v) is 8.55. The van der Waals surface area contributed by atoms with E-state index in [-0.39, 0.29) is 11.0 Å². The Labute approximate surface area is 147 Å². The van der Waals surface area contributed by atoms with Crippen LogP contribution < -0.4 is 10.5 Å². The Kier molecular flexibility index (Phi) is 4.76. The number of piperidine rings is 1. The van der Waals surface area contributed by atoms with Gasteiger partial charge in [0.1, 0.15) is 0 Å².